The van der Waals surface area contributed by atoms with Gasteiger partial charge in [-0.1, -0.05) is 0 Å². The van der Waals surface area contributed by atoms with E-state index >= 15 is 0 Å². The average molecular weight is 297 g/mol. The molecule has 1 rings (SSSR count). The Morgan fingerprint density at radius 3 is 2.63 bits per heavy atom. The quantitative estimate of drug-likeness (QED) is 0.458. The van der Waals surface area contributed by atoms with Crippen LogP contribution in [0.2, 0.25) is 0 Å². The fourth-order valence-corrected chi connectivity index (χ4v) is 1.64. The number of halogens is 2. The van der Waals surface area contributed by atoms with Crippen LogP contribution in [0.1, 0.15) is 6.23 Å². The molecule has 8 nitrogen and oxygen atoms in total. The van der Waals surface area contributed by atoms with Gasteiger partial charge in [0.05, 0.1) is 12.3 Å². The van der Waals surface area contributed by atoms with Crippen LogP contribution in [0, 0.1) is 5.92 Å². The smallest absolute Gasteiger partial charge is 0.368 e. The molecule has 0 saturated carbocycles. The molecule has 0 aromatic carbocycles. The summed E-state index contributed by atoms with van der Waals surface area (Å²) in [6.45, 7) is -0.569. The Hall–Kier alpha value is -1.29. The monoisotopic (exact) mass is 296 g/mol. The SMILES string of the molecule is Nc1cnn([C@H](O)[C@H](F)[C@H](O)[C@H](CO)CCl)c(=O)n1. The standard InChI is InChI=1S/C9H14ClFN4O4/c10-1-4(3-16)7(17)6(11)8(18)15-9(19)14-5(12)2-13-15/h2,4,6-8,16-18H,1,3H2,(H2,12,14,19)/t4-,6+,7+,8+/m0/s1. The molecule has 0 aliphatic carbocycles. The lowest BCUT2D eigenvalue weighted by Crippen LogP contribution is -2.43. The van der Waals surface area contributed by atoms with Gasteiger partial charge in [0.15, 0.2) is 12.4 Å². The molecule has 5 N–H and O–H groups in total. The minimum Gasteiger partial charge on any atom is -0.396 e. The van der Waals surface area contributed by atoms with Crippen molar-refractivity contribution < 1.29 is 19.7 Å². The Kier molecular flexibility index (Phi) is 5.60. The summed E-state index contributed by atoms with van der Waals surface area (Å²) in [6.07, 6.45) is -5.14. The molecule has 0 fully saturated rings. The molecule has 1 aromatic heterocycles. The van der Waals surface area contributed by atoms with Crippen LogP contribution < -0.4 is 11.4 Å². The number of hydrogen-bond donors (Lipinski definition) is 4. The summed E-state index contributed by atoms with van der Waals surface area (Å²) in [5, 5.41) is 31.5. The maximum absolute atomic E-state index is 13.9. The van der Waals surface area contributed by atoms with Gasteiger partial charge in [0.2, 0.25) is 0 Å². The molecular formula is C9H14ClFN4O4. The van der Waals surface area contributed by atoms with Gasteiger partial charge in [-0.25, -0.2) is 9.18 Å². The second-order valence-corrected chi connectivity index (χ2v) is 4.16. The predicted molar refractivity (Wildman–Crippen MR) is 64.2 cm³/mol. The summed E-state index contributed by atoms with van der Waals surface area (Å²) in [4.78, 5) is 14.6. The highest BCUT2D eigenvalue weighted by Gasteiger charge is 2.34. The summed E-state index contributed by atoms with van der Waals surface area (Å²) in [5.74, 6) is -1.38. The van der Waals surface area contributed by atoms with Crippen LogP contribution in [-0.4, -0.2) is 54.8 Å². The summed E-state index contributed by atoms with van der Waals surface area (Å²) in [6, 6.07) is 0. The first-order valence-electron chi connectivity index (χ1n) is 5.30. The molecule has 10 heteroatoms. The zero-order chi connectivity index (χ0) is 14.6. The third kappa shape index (κ3) is 3.60. The topological polar surface area (TPSA) is 134 Å². The van der Waals surface area contributed by atoms with E-state index in [2.05, 4.69) is 10.1 Å². The first-order chi connectivity index (χ1) is 8.92. The Bertz CT molecular complexity index is 470. The van der Waals surface area contributed by atoms with Crippen molar-refractivity contribution in [1.82, 2.24) is 14.8 Å². The zero-order valence-corrected chi connectivity index (χ0v) is 10.5. The number of nitrogens with two attached hydrogens (primary N) is 1. The molecule has 0 bridgehead atoms. The minimum absolute atomic E-state index is 0.182. The van der Waals surface area contributed by atoms with Gasteiger partial charge >= 0.3 is 5.69 Å². The van der Waals surface area contributed by atoms with E-state index in [-0.39, 0.29) is 11.7 Å². The van der Waals surface area contributed by atoms with Crippen LogP contribution in [0.25, 0.3) is 0 Å². The number of rotatable bonds is 6. The normalized spacial score (nSPS) is 17.7. The molecule has 108 valence electrons. The van der Waals surface area contributed by atoms with E-state index in [1.807, 2.05) is 0 Å². The lowest BCUT2D eigenvalue weighted by atomic mass is 10.0. The number of aromatic nitrogens is 3. The van der Waals surface area contributed by atoms with E-state index in [1.54, 1.807) is 0 Å². The predicted octanol–water partition coefficient (Wildman–Crippen LogP) is -1.74. The highest BCUT2D eigenvalue weighted by atomic mass is 35.5. The molecule has 0 aliphatic heterocycles. The number of nitrogens with zero attached hydrogens (tertiary/aromatic N) is 3. The second-order valence-electron chi connectivity index (χ2n) is 3.85. The van der Waals surface area contributed by atoms with Gasteiger partial charge in [-0.15, -0.1) is 11.6 Å². The van der Waals surface area contributed by atoms with E-state index in [1.165, 1.54) is 0 Å². The number of aliphatic hydroxyl groups excluding tert-OH is 3. The third-order valence-corrected chi connectivity index (χ3v) is 2.91. The van der Waals surface area contributed by atoms with Crippen LogP contribution in [0.15, 0.2) is 11.0 Å². The molecule has 0 amide bonds. The van der Waals surface area contributed by atoms with Crippen molar-refractivity contribution in [2.75, 3.05) is 18.2 Å². The van der Waals surface area contributed by atoms with Crippen LogP contribution in [0.5, 0.6) is 0 Å². The van der Waals surface area contributed by atoms with Crippen molar-refractivity contribution in [3.05, 3.63) is 16.7 Å². The summed E-state index contributed by atoms with van der Waals surface area (Å²) in [5.41, 5.74) is 4.13. The van der Waals surface area contributed by atoms with Gasteiger partial charge in [-0.05, 0) is 0 Å². The molecular weight excluding hydrogens is 283 g/mol. The average Bonchev–Trinajstić information content (AvgIpc) is 2.38. The Balaban J connectivity index is 2.92. The van der Waals surface area contributed by atoms with Crippen LogP contribution in [-0.2, 0) is 0 Å². The maximum atomic E-state index is 13.9. The van der Waals surface area contributed by atoms with Gasteiger partial charge in [0.1, 0.15) is 5.82 Å². The molecule has 1 aromatic rings. The number of nitrogen functional groups attached to an aromatic ring is 1. The lowest BCUT2D eigenvalue weighted by Gasteiger charge is -2.25. The fraction of sp³-hybridized carbons (Fsp3) is 0.667. The molecule has 0 spiro atoms. The van der Waals surface area contributed by atoms with Crippen LogP contribution in [0.3, 0.4) is 0 Å². The van der Waals surface area contributed by atoms with Gasteiger partial charge < -0.3 is 21.1 Å². The molecule has 0 unspecified atom stereocenters. The van der Waals surface area contributed by atoms with Crippen molar-refractivity contribution in [2.45, 2.75) is 18.5 Å². The van der Waals surface area contributed by atoms with Crippen molar-refractivity contribution >= 4 is 17.4 Å². The van der Waals surface area contributed by atoms with Gasteiger partial charge in [-0.3, -0.25) is 0 Å². The molecule has 1 heterocycles. The fourth-order valence-electron chi connectivity index (χ4n) is 1.36. The molecule has 4 atom stereocenters. The highest BCUT2D eigenvalue weighted by Crippen LogP contribution is 2.19. The first-order valence-corrected chi connectivity index (χ1v) is 5.84. The number of alkyl halides is 2. The summed E-state index contributed by atoms with van der Waals surface area (Å²) >= 11 is 5.43. The molecule has 19 heavy (non-hydrogen) atoms. The second kappa shape index (κ2) is 6.75. The van der Waals surface area contributed by atoms with Gasteiger partial charge in [0.25, 0.3) is 0 Å². The largest absolute Gasteiger partial charge is 0.396 e. The van der Waals surface area contributed by atoms with E-state index in [0.29, 0.717) is 4.68 Å². The Morgan fingerprint density at radius 2 is 2.16 bits per heavy atom. The number of anilines is 1. The van der Waals surface area contributed by atoms with Crippen molar-refractivity contribution in [2.24, 2.45) is 5.92 Å². The van der Waals surface area contributed by atoms with Crippen molar-refractivity contribution in [3.8, 4) is 0 Å². The third-order valence-electron chi connectivity index (χ3n) is 2.51. The van der Waals surface area contributed by atoms with Crippen molar-refractivity contribution in [3.63, 3.8) is 0 Å². The zero-order valence-electron chi connectivity index (χ0n) is 9.73. The molecule has 0 saturated heterocycles. The first kappa shape index (κ1) is 15.8. The highest BCUT2D eigenvalue weighted by molar-refractivity contribution is 6.18. The van der Waals surface area contributed by atoms with Crippen LogP contribution in [0.4, 0.5) is 10.2 Å². The van der Waals surface area contributed by atoms with E-state index in [4.69, 9.17) is 22.4 Å². The maximum Gasteiger partial charge on any atom is 0.368 e. The van der Waals surface area contributed by atoms with E-state index in [0.717, 1.165) is 6.20 Å². The number of aliphatic hydroxyl groups is 3. The summed E-state index contributed by atoms with van der Waals surface area (Å²) < 4.78 is 14.2. The Labute approximate surface area is 112 Å². The lowest BCUT2D eigenvalue weighted by molar-refractivity contribution is -0.0789. The van der Waals surface area contributed by atoms with E-state index in [9.17, 15) is 19.4 Å². The minimum atomic E-state index is -2.27. The van der Waals surface area contributed by atoms with Gasteiger partial charge in [-0.2, -0.15) is 14.8 Å². The van der Waals surface area contributed by atoms with E-state index < -0.39 is 36.7 Å². The molecule has 0 aliphatic rings. The van der Waals surface area contributed by atoms with Crippen molar-refractivity contribution in [1.29, 1.82) is 0 Å². The molecule has 0 radical (unpaired) electrons. The van der Waals surface area contributed by atoms with Crippen LogP contribution >= 0.6 is 11.6 Å². The Morgan fingerprint density at radius 1 is 1.53 bits per heavy atom. The number of hydrogen-bond acceptors (Lipinski definition) is 7. The van der Waals surface area contributed by atoms with Gasteiger partial charge in [0, 0.05) is 18.4 Å². The summed E-state index contributed by atoms with van der Waals surface area (Å²) in [7, 11) is 0.